The second-order valence-electron chi connectivity index (χ2n) is 4.26. The highest BCUT2D eigenvalue weighted by atomic mass is 79.9. The van der Waals surface area contributed by atoms with Gasteiger partial charge in [-0.25, -0.2) is 5.43 Å². The number of amides is 1. The lowest BCUT2D eigenvalue weighted by atomic mass is 10.1. The van der Waals surface area contributed by atoms with Crippen molar-refractivity contribution in [3.8, 4) is 5.75 Å². The number of phenolic OH excluding ortho intramolecular Hbond substituents is 1. The predicted octanol–water partition coefficient (Wildman–Crippen LogP) is 3.23. The van der Waals surface area contributed by atoms with Gasteiger partial charge >= 0.3 is 0 Å². The van der Waals surface area contributed by atoms with Gasteiger partial charge in [-0.15, -0.1) is 0 Å². The standard InChI is InChI=1S/C15H13BrN2O2/c1-10-5-6-12(8-14(10)16)15(20)18-17-9-11-3-2-4-13(19)7-11/h2-9,19H,1H3,(H,18,20). The van der Waals surface area contributed by atoms with Gasteiger partial charge in [0.1, 0.15) is 5.75 Å². The van der Waals surface area contributed by atoms with Gasteiger partial charge in [0.2, 0.25) is 0 Å². The van der Waals surface area contributed by atoms with Crippen LogP contribution < -0.4 is 5.43 Å². The zero-order valence-electron chi connectivity index (χ0n) is 10.8. The van der Waals surface area contributed by atoms with Crippen LogP contribution in [0.25, 0.3) is 0 Å². The van der Waals surface area contributed by atoms with Gasteiger partial charge in [0.15, 0.2) is 0 Å². The number of nitrogens with one attached hydrogen (secondary N) is 1. The van der Waals surface area contributed by atoms with E-state index in [0.717, 1.165) is 10.0 Å². The molecule has 0 spiro atoms. The molecule has 0 bridgehead atoms. The van der Waals surface area contributed by atoms with Crippen LogP contribution in [0, 0.1) is 6.92 Å². The van der Waals surface area contributed by atoms with E-state index < -0.39 is 0 Å². The fraction of sp³-hybridized carbons (Fsp3) is 0.0667. The van der Waals surface area contributed by atoms with Crippen LogP contribution in [0.5, 0.6) is 5.75 Å². The molecular weight excluding hydrogens is 320 g/mol. The van der Waals surface area contributed by atoms with Crippen LogP contribution in [0.4, 0.5) is 0 Å². The molecule has 0 atom stereocenters. The Bertz CT molecular complexity index is 669. The lowest BCUT2D eigenvalue weighted by Crippen LogP contribution is -2.17. The molecule has 0 unspecified atom stereocenters. The Balaban J connectivity index is 2.03. The van der Waals surface area contributed by atoms with E-state index in [2.05, 4.69) is 26.5 Å². The van der Waals surface area contributed by atoms with Gasteiger partial charge in [-0.05, 0) is 42.3 Å². The Morgan fingerprint density at radius 1 is 1.30 bits per heavy atom. The largest absolute Gasteiger partial charge is 0.508 e. The molecule has 2 N–H and O–H groups in total. The molecule has 2 rings (SSSR count). The van der Waals surface area contributed by atoms with Crippen LogP contribution in [0.2, 0.25) is 0 Å². The van der Waals surface area contributed by atoms with Crippen molar-refractivity contribution in [3.63, 3.8) is 0 Å². The topological polar surface area (TPSA) is 61.7 Å². The molecule has 0 aliphatic heterocycles. The summed E-state index contributed by atoms with van der Waals surface area (Å²) in [6, 6.07) is 11.9. The van der Waals surface area contributed by atoms with Crippen LogP contribution in [-0.2, 0) is 0 Å². The van der Waals surface area contributed by atoms with E-state index in [0.29, 0.717) is 11.1 Å². The number of rotatable bonds is 3. The first-order chi connectivity index (χ1) is 9.56. The van der Waals surface area contributed by atoms with Crippen LogP contribution >= 0.6 is 15.9 Å². The van der Waals surface area contributed by atoms with Crippen molar-refractivity contribution in [3.05, 3.63) is 63.6 Å². The summed E-state index contributed by atoms with van der Waals surface area (Å²) < 4.78 is 0.877. The van der Waals surface area contributed by atoms with E-state index >= 15 is 0 Å². The molecule has 0 fully saturated rings. The third-order valence-electron chi connectivity index (χ3n) is 2.68. The van der Waals surface area contributed by atoms with Gasteiger partial charge in [0, 0.05) is 10.0 Å². The van der Waals surface area contributed by atoms with Crippen LogP contribution in [0.3, 0.4) is 0 Å². The number of benzene rings is 2. The number of carbonyl (C=O) groups is 1. The summed E-state index contributed by atoms with van der Waals surface area (Å²) in [7, 11) is 0. The number of aryl methyl sites for hydroxylation is 1. The van der Waals surface area contributed by atoms with Crippen LogP contribution in [-0.4, -0.2) is 17.2 Å². The molecule has 2 aromatic rings. The maximum Gasteiger partial charge on any atom is 0.271 e. The Hall–Kier alpha value is -2.14. The van der Waals surface area contributed by atoms with E-state index in [9.17, 15) is 9.90 Å². The average Bonchev–Trinajstić information content (AvgIpc) is 2.42. The van der Waals surface area contributed by atoms with E-state index in [1.165, 1.54) is 6.21 Å². The minimum Gasteiger partial charge on any atom is -0.508 e. The summed E-state index contributed by atoms with van der Waals surface area (Å²) >= 11 is 3.38. The summed E-state index contributed by atoms with van der Waals surface area (Å²) in [6.07, 6.45) is 1.47. The van der Waals surface area contributed by atoms with Crippen LogP contribution in [0.15, 0.2) is 52.0 Å². The van der Waals surface area contributed by atoms with Gasteiger partial charge in [-0.1, -0.05) is 34.1 Å². The molecule has 102 valence electrons. The quantitative estimate of drug-likeness (QED) is 0.669. The number of phenols is 1. The van der Waals surface area contributed by atoms with Gasteiger partial charge in [0.05, 0.1) is 6.21 Å². The molecule has 0 saturated carbocycles. The van der Waals surface area contributed by atoms with E-state index in [4.69, 9.17) is 0 Å². The molecule has 0 aromatic heterocycles. The Morgan fingerprint density at radius 3 is 2.80 bits per heavy atom. The fourth-order valence-corrected chi connectivity index (χ4v) is 1.95. The first-order valence-electron chi connectivity index (χ1n) is 5.95. The molecule has 5 heteroatoms. The summed E-state index contributed by atoms with van der Waals surface area (Å²) in [5, 5.41) is 13.2. The van der Waals surface area contributed by atoms with Gasteiger partial charge in [-0.3, -0.25) is 4.79 Å². The van der Waals surface area contributed by atoms with Crippen molar-refractivity contribution in [1.82, 2.24) is 5.43 Å². The monoisotopic (exact) mass is 332 g/mol. The number of halogens is 1. The molecule has 20 heavy (non-hydrogen) atoms. The second-order valence-corrected chi connectivity index (χ2v) is 5.11. The Morgan fingerprint density at radius 2 is 2.10 bits per heavy atom. The minimum atomic E-state index is -0.290. The zero-order valence-corrected chi connectivity index (χ0v) is 12.4. The minimum absolute atomic E-state index is 0.155. The van der Waals surface area contributed by atoms with Crippen molar-refractivity contribution in [1.29, 1.82) is 0 Å². The van der Waals surface area contributed by atoms with Crippen LogP contribution in [0.1, 0.15) is 21.5 Å². The van der Waals surface area contributed by atoms with Crippen molar-refractivity contribution in [2.75, 3.05) is 0 Å². The Labute approximate surface area is 125 Å². The number of hydrogen-bond acceptors (Lipinski definition) is 3. The number of carbonyl (C=O) groups excluding carboxylic acids is 1. The molecule has 0 aliphatic carbocycles. The van der Waals surface area contributed by atoms with E-state index in [1.54, 1.807) is 36.4 Å². The van der Waals surface area contributed by atoms with Crippen molar-refractivity contribution in [2.24, 2.45) is 5.10 Å². The highest BCUT2D eigenvalue weighted by Gasteiger charge is 2.05. The number of nitrogens with zero attached hydrogens (tertiary/aromatic N) is 1. The smallest absolute Gasteiger partial charge is 0.271 e. The molecule has 0 radical (unpaired) electrons. The summed E-state index contributed by atoms with van der Waals surface area (Å²) in [4.78, 5) is 11.9. The molecule has 4 nitrogen and oxygen atoms in total. The SMILES string of the molecule is Cc1ccc(C(=O)NN=Cc2cccc(O)c2)cc1Br. The fourth-order valence-electron chi connectivity index (χ4n) is 1.57. The van der Waals surface area contributed by atoms with Crippen molar-refractivity contribution < 1.29 is 9.90 Å². The average molecular weight is 333 g/mol. The molecule has 0 saturated heterocycles. The van der Waals surface area contributed by atoms with E-state index in [-0.39, 0.29) is 11.7 Å². The lowest BCUT2D eigenvalue weighted by Gasteiger charge is -2.02. The normalized spacial score (nSPS) is 10.7. The third-order valence-corrected chi connectivity index (χ3v) is 3.54. The third kappa shape index (κ3) is 3.68. The molecule has 1 amide bonds. The number of aromatic hydroxyl groups is 1. The highest BCUT2D eigenvalue weighted by molar-refractivity contribution is 9.10. The summed E-state index contributed by atoms with van der Waals surface area (Å²) in [5.41, 5.74) is 4.73. The predicted molar refractivity (Wildman–Crippen MR) is 82.0 cm³/mol. The number of hydrazone groups is 1. The van der Waals surface area contributed by atoms with Gasteiger partial charge in [0.25, 0.3) is 5.91 Å². The van der Waals surface area contributed by atoms with Crippen molar-refractivity contribution in [2.45, 2.75) is 6.92 Å². The second kappa shape index (κ2) is 6.34. The molecular formula is C15H13BrN2O2. The maximum atomic E-state index is 11.9. The maximum absolute atomic E-state index is 11.9. The zero-order chi connectivity index (χ0) is 14.5. The summed E-state index contributed by atoms with van der Waals surface area (Å²) in [6.45, 7) is 1.95. The number of hydrogen-bond donors (Lipinski definition) is 2. The lowest BCUT2D eigenvalue weighted by molar-refractivity contribution is 0.0955. The Kier molecular flexibility index (Phi) is 4.53. The first kappa shape index (κ1) is 14.3. The molecule has 0 heterocycles. The summed E-state index contributed by atoms with van der Waals surface area (Å²) in [5.74, 6) is -0.134. The van der Waals surface area contributed by atoms with E-state index in [1.807, 2.05) is 13.0 Å². The molecule has 0 aliphatic rings. The molecule has 2 aromatic carbocycles. The van der Waals surface area contributed by atoms with Gasteiger partial charge < -0.3 is 5.11 Å². The highest BCUT2D eigenvalue weighted by Crippen LogP contribution is 2.17. The first-order valence-corrected chi connectivity index (χ1v) is 6.74. The van der Waals surface area contributed by atoms with Crippen molar-refractivity contribution >= 4 is 28.1 Å². The van der Waals surface area contributed by atoms with Gasteiger partial charge in [-0.2, -0.15) is 5.10 Å².